The fraction of sp³-hybridized carbons (Fsp3) is 0.0784. The van der Waals surface area contributed by atoms with Crippen LogP contribution in [0.2, 0.25) is 10.0 Å². The number of aromatic nitrogens is 3. The summed E-state index contributed by atoms with van der Waals surface area (Å²) in [4.78, 5) is 34.8. The quantitative estimate of drug-likeness (QED) is 0.139. The average molecular weight is 974 g/mol. The van der Waals surface area contributed by atoms with Gasteiger partial charge in [-0.25, -0.2) is 22.0 Å². The van der Waals surface area contributed by atoms with Crippen LogP contribution in [-0.2, 0) is 21.1 Å². The summed E-state index contributed by atoms with van der Waals surface area (Å²) in [5, 5.41) is 21.2. The number of carbonyl (C=O) groups excluding carboxylic acids is 3. The highest BCUT2D eigenvalue weighted by molar-refractivity contribution is 6.36. The minimum atomic E-state index is -0.809. The highest BCUT2D eigenvalue weighted by Gasteiger charge is 2.23. The molecule has 0 atom stereocenters. The Morgan fingerprint density at radius 1 is 0.507 bits per heavy atom. The first-order valence-corrected chi connectivity index (χ1v) is 21.0. The van der Waals surface area contributed by atoms with Crippen LogP contribution in [0.15, 0.2) is 103 Å². The Balaban J connectivity index is 0.000000153. The van der Waals surface area contributed by atoms with E-state index in [1.165, 1.54) is 33.4 Å². The molecule has 0 fully saturated rings. The van der Waals surface area contributed by atoms with E-state index >= 15 is 0 Å². The molecule has 3 amide bonds. The van der Waals surface area contributed by atoms with Crippen LogP contribution in [0.3, 0.4) is 0 Å². The van der Waals surface area contributed by atoms with Crippen molar-refractivity contribution in [3.8, 4) is 45.5 Å². The molecule has 11 nitrogen and oxygen atoms in total. The van der Waals surface area contributed by atoms with Crippen molar-refractivity contribution in [2.45, 2.75) is 6.92 Å². The number of primary amides is 3. The van der Waals surface area contributed by atoms with Gasteiger partial charge in [-0.15, -0.1) is 0 Å². The van der Waals surface area contributed by atoms with E-state index in [-0.39, 0.29) is 28.1 Å². The lowest BCUT2D eigenvalue weighted by molar-refractivity contribution is 0.0984. The Hall–Kier alpha value is -8.44. The summed E-state index contributed by atoms with van der Waals surface area (Å²) < 4.78 is 73.3. The summed E-state index contributed by atoms with van der Waals surface area (Å²) in [7, 11) is 4.97. The zero-order valence-electron chi connectivity index (χ0n) is 36.7. The van der Waals surface area contributed by atoms with E-state index in [4.69, 9.17) is 45.7 Å². The minimum Gasteiger partial charge on any atom is -0.364 e. The second-order valence-corrected chi connectivity index (χ2v) is 16.5. The van der Waals surface area contributed by atoms with Gasteiger partial charge in [0.1, 0.15) is 46.2 Å². The van der Waals surface area contributed by atoms with Gasteiger partial charge in [0.2, 0.25) is 0 Å². The van der Waals surface area contributed by atoms with Crippen molar-refractivity contribution in [3.05, 3.63) is 176 Å². The summed E-state index contributed by atoms with van der Waals surface area (Å²) in [6.45, 7) is 1.65. The van der Waals surface area contributed by atoms with Gasteiger partial charge in [0.05, 0.1) is 39.8 Å². The van der Waals surface area contributed by atoms with E-state index in [0.29, 0.717) is 59.8 Å². The van der Waals surface area contributed by atoms with Crippen LogP contribution in [0.5, 0.6) is 0 Å². The van der Waals surface area contributed by atoms with Crippen molar-refractivity contribution in [2.75, 3.05) is 0 Å². The van der Waals surface area contributed by atoms with Gasteiger partial charge in [0.15, 0.2) is 0 Å². The van der Waals surface area contributed by atoms with Gasteiger partial charge in [-0.2, -0.15) is 10.5 Å². The first kappa shape index (κ1) is 48.5. The molecule has 0 saturated carbocycles. The van der Waals surface area contributed by atoms with Gasteiger partial charge in [-0.05, 0) is 97.4 Å². The summed E-state index contributed by atoms with van der Waals surface area (Å²) in [6, 6.07) is 27.8. The number of halogens is 7. The van der Waals surface area contributed by atoms with E-state index < -0.39 is 46.8 Å². The maximum absolute atomic E-state index is 14.2. The number of nitrogens with zero attached hydrogens (tertiary/aromatic N) is 5. The van der Waals surface area contributed by atoms with Crippen molar-refractivity contribution in [3.63, 3.8) is 0 Å². The van der Waals surface area contributed by atoms with E-state index in [2.05, 4.69) is 6.07 Å². The molecule has 6 aromatic carbocycles. The van der Waals surface area contributed by atoms with E-state index in [1.807, 2.05) is 6.07 Å². The Bertz CT molecular complexity index is 3570. The van der Waals surface area contributed by atoms with Gasteiger partial charge in [-0.1, -0.05) is 29.3 Å². The van der Waals surface area contributed by atoms with Gasteiger partial charge < -0.3 is 30.9 Å². The molecule has 0 radical (unpaired) electrons. The van der Waals surface area contributed by atoms with Gasteiger partial charge in [0, 0.05) is 92.9 Å². The molecule has 0 saturated heterocycles. The molecule has 9 aromatic rings. The van der Waals surface area contributed by atoms with Crippen molar-refractivity contribution < 1.29 is 36.3 Å². The molecule has 18 heteroatoms. The fourth-order valence-corrected chi connectivity index (χ4v) is 8.95. The molecule has 3 heterocycles. The number of carbonyl (C=O) groups is 3. The highest BCUT2D eigenvalue weighted by Crippen LogP contribution is 2.39. The summed E-state index contributed by atoms with van der Waals surface area (Å²) in [5.74, 6) is -5.38. The van der Waals surface area contributed by atoms with E-state index in [1.54, 1.807) is 81.2 Å². The number of aryl methyl sites for hydroxylation is 4. The third-order valence-corrected chi connectivity index (χ3v) is 12.0. The normalized spacial score (nSPS) is 10.9. The van der Waals surface area contributed by atoms with Crippen LogP contribution in [0.4, 0.5) is 22.0 Å². The zero-order valence-corrected chi connectivity index (χ0v) is 38.2. The average Bonchev–Trinajstić information content (AvgIpc) is 3.90. The maximum Gasteiger partial charge on any atom is 0.265 e. The molecule has 6 N–H and O–H groups in total. The smallest absolute Gasteiger partial charge is 0.265 e. The van der Waals surface area contributed by atoms with Crippen LogP contribution < -0.4 is 17.2 Å². The number of fused-ring (bicyclic) bond motifs is 3. The summed E-state index contributed by atoms with van der Waals surface area (Å²) in [5.41, 5.74) is 22.3. The Kier molecular flexibility index (Phi) is 13.4. The number of benzene rings is 6. The number of amides is 3. The van der Waals surface area contributed by atoms with Crippen molar-refractivity contribution >= 4 is 73.6 Å². The van der Waals surface area contributed by atoms with E-state index in [9.17, 15) is 41.6 Å². The van der Waals surface area contributed by atoms with Crippen molar-refractivity contribution in [1.82, 2.24) is 13.7 Å². The van der Waals surface area contributed by atoms with Crippen LogP contribution in [0.1, 0.15) is 48.2 Å². The van der Waals surface area contributed by atoms with E-state index in [0.717, 1.165) is 52.4 Å². The second kappa shape index (κ2) is 19.0. The van der Waals surface area contributed by atoms with Crippen LogP contribution in [0.25, 0.3) is 66.1 Å². The van der Waals surface area contributed by atoms with Gasteiger partial charge >= 0.3 is 0 Å². The topological polar surface area (TPSA) is 192 Å². The molecule has 0 aliphatic carbocycles. The predicted octanol–water partition coefficient (Wildman–Crippen LogP) is 10.9. The fourth-order valence-electron chi connectivity index (χ4n) is 8.44. The maximum atomic E-state index is 14.2. The molecule has 0 spiro atoms. The Labute approximate surface area is 399 Å². The second-order valence-electron chi connectivity index (χ2n) is 15.7. The number of hydrogen-bond acceptors (Lipinski definition) is 5. The van der Waals surface area contributed by atoms with Gasteiger partial charge in [0.25, 0.3) is 17.7 Å². The molecular formula is C51H35Cl2F5N8O3. The number of nitriles is 2. The molecule has 0 aliphatic heterocycles. The zero-order chi connectivity index (χ0) is 50.3. The van der Waals surface area contributed by atoms with Crippen molar-refractivity contribution in [2.24, 2.45) is 38.3 Å². The number of rotatable bonds is 6. The molecule has 0 aliphatic rings. The molecule has 0 bridgehead atoms. The highest BCUT2D eigenvalue weighted by atomic mass is 35.5. The molecule has 0 unspecified atom stereocenters. The first-order valence-electron chi connectivity index (χ1n) is 20.3. The first-order chi connectivity index (χ1) is 32.6. The molecular weight excluding hydrogens is 939 g/mol. The Morgan fingerprint density at radius 3 is 1.38 bits per heavy atom. The lowest BCUT2D eigenvalue weighted by atomic mass is 9.99. The third-order valence-electron chi connectivity index (χ3n) is 11.4. The monoisotopic (exact) mass is 972 g/mol. The Morgan fingerprint density at radius 2 is 0.957 bits per heavy atom. The van der Waals surface area contributed by atoms with Crippen LogP contribution in [-0.4, -0.2) is 31.4 Å². The van der Waals surface area contributed by atoms with Crippen LogP contribution in [0, 0.1) is 58.7 Å². The number of nitrogens with two attached hydrogens (primary N) is 3. The third kappa shape index (κ3) is 9.19. The molecule has 3 aromatic heterocycles. The lowest BCUT2D eigenvalue weighted by Gasteiger charge is -2.10. The number of hydrogen-bond donors (Lipinski definition) is 3. The van der Waals surface area contributed by atoms with Gasteiger partial charge in [-0.3, -0.25) is 14.4 Å². The molecule has 9 rings (SSSR count). The van der Waals surface area contributed by atoms with Crippen molar-refractivity contribution in [1.29, 1.82) is 10.5 Å². The van der Waals surface area contributed by atoms with Crippen LogP contribution >= 0.6 is 23.2 Å². The summed E-state index contributed by atoms with van der Waals surface area (Å²) >= 11 is 12.3. The summed E-state index contributed by atoms with van der Waals surface area (Å²) in [6.07, 6.45) is 0. The predicted molar refractivity (Wildman–Crippen MR) is 255 cm³/mol. The largest absolute Gasteiger partial charge is 0.364 e. The minimum absolute atomic E-state index is 0.0486. The SMILES string of the molecule is Cc1c(C(N)=O)n(C)c2c(-c3ccc(F)cc3F)cc(F)cc12.Cn1c(C(N)=O)cc2cc(C#N)cc(-c3ccc(Cl)cc3Cl)c21.Cn1c(C(N)=O)cc2cc(C#N)cc(-c3ccc(F)cc3F)c21. The lowest BCUT2D eigenvalue weighted by Crippen LogP contribution is -2.16. The molecule has 346 valence electrons. The standard InChI is InChI=1S/C17H11Cl2N3O.C17H13F3N2O.C17H11F2N3O/c1-22-15(17(21)23)6-10-4-9(8-20)5-13(16(10)22)12-3-2-11(18)7-14(12)19;1-8-12-5-10(19)6-13(11-4-3-9(18)7-14(11)20)16(12)22(2)15(8)17(21)23;1-22-15(17(21)23)6-10-4-9(8-20)5-13(16(10)22)12-3-2-11(18)7-14(12)19/h2-7H,1H3,(H2,21,23);3-7H,1-2H3,(H2,21,23);2-7H,1H3,(H2,21,23). The molecule has 69 heavy (non-hydrogen) atoms.